The fourth-order valence-electron chi connectivity index (χ4n) is 2.75. The van der Waals surface area contributed by atoms with Gasteiger partial charge in [-0.3, -0.25) is 0 Å². The molecule has 2 unspecified atom stereocenters. The van der Waals surface area contributed by atoms with Crippen molar-refractivity contribution in [3.63, 3.8) is 0 Å². The maximum Gasteiger partial charge on any atom is 0.0636 e. The molecule has 0 spiro atoms. The van der Waals surface area contributed by atoms with Gasteiger partial charge in [0.25, 0.3) is 0 Å². The van der Waals surface area contributed by atoms with Crippen LogP contribution in [0.3, 0.4) is 0 Å². The van der Waals surface area contributed by atoms with Crippen LogP contribution in [-0.2, 0) is 0 Å². The van der Waals surface area contributed by atoms with Gasteiger partial charge in [-0.15, -0.1) is 0 Å². The lowest BCUT2D eigenvalue weighted by atomic mass is 9.82. The summed E-state index contributed by atoms with van der Waals surface area (Å²) in [4.78, 5) is 0. The molecule has 0 aromatic rings. The smallest absolute Gasteiger partial charge is 0.0636 e. The Morgan fingerprint density at radius 3 is 2.64 bits per heavy atom. The summed E-state index contributed by atoms with van der Waals surface area (Å²) in [5.74, 6) is 2.06. The SMILES string of the molecule is C[C@H](O)CNC1CCCC(C2CC2)C1. The Morgan fingerprint density at radius 2 is 2.00 bits per heavy atom. The molecule has 2 nitrogen and oxygen atoms in total. The number of aliphatic hydroxyl groups excluding tert-OH is 1. The first-order chi connectivity index (χ1) is 6.75. The lowest BCUT2D eigenvalue weighted by Crippen LogP contribution is -2.38. The highest BCUT2D eigenvalue weighted by Gasteiger charge is 2.34. The van der Waals surface area contributed by atoms with Gasteiger partial charge in [-0.1, -0.05) is 12.8 Å². The van der Waals surface area contributed by atoms with Crippen LogP contribution in [0.15, 0.2) is 0 Å². The Hall–Kier alpha value is -0.0800. The van der Waals surface area contributed by atoms with E-state index in [1.165, 1.54) is 38.5 Å². The molecular weight excluding hydrogens is 174 g/mol. The Labute approximate surface area is 87.1 Å². The van der Waals surface area contributed by atoms with E-state index in [-0.39, 0.29) is 6.10 Å². The van der Waals surface area contributed by atoms with E-state index >= 15 is 0 Å². The predicted molar refractivity (Wildman–Crippen MR) is 58.2 cm³/mol. The van der Waals surface area contributed by atoms with Crippen molar-refractivity contribution in [2.75, 3.05) is 6.54 Å². The summed E-state index contributed by atoms with van der Waals surface area (Å²) in [7, 11) is 0. The van der Waals surface area contributed by atoms with Gasteiger partial charge in [-0.2, -0.15) is 0 Å². The van der Waals surface area contributed by atoms with Gasteiger partial charge < -0.3 is 10.4 Å². The standard InChI is InChI=1S/C12H23NO/c1-9(14)8-13-12-4-2-3-11(7-12)10-5-6-10/h9-14H,2-8H2,1H3/t9-,11?,12?/m0/s1. The van der Waals surface area contributed by atoms with Crippen LogP contribution in [0.5, 0.6) is 0 Å². The molecule has 0 radical (unpaired) electrons. The lowest BCUT2D eigenvalue weighted by Gasteiger charge is -2.30. The topological polar surface area (TPSA) is 32.3 Å². The molecule has 0 aromatic carbocycles. The number of nitrogens with one attached hydrogen (secondary N) is 1. The molecule has 0 saturated heterocycles. The summed E-state index contributed by atoms with van der Waals surface area (Å²) < 4.78 is 0. The molecule has 0 heterocycles. The first kappa shape index (κ1) is 10.4. The minimum atomic E-state index is -0.198. The minimum Gasteiger partial charge on any atom is -0.392 e. The largest absolute Gasteiger partial charge is 0.392 e. The van der Waals surface area contributed by atoms with Crippen molar-refractivity contribution in [2.45, 2.75) is 57.6 Å². The van der Waals surface area contributed by atoms with Crippen LogP contribution in [0.4, 0.5) is 0 Å². The third-order valence-electron chi connectivity index (χ3n) is 3.71. The molecule has 0 amide bonds. The monoisotopic (exact) mass is 197 g/mol. The molecule has 2 fully saturated rings. The molecule has 2 aliphatic carbocycles. The van der Waals surface area contributed by atoms with Crippen molar-refractivity contribution in [3.8, 4) is 0 Å². The van der Waals surface area contributed by atoms with Crippen LogP contribution >= 0.6 is 0 Å². The van der Waals surface area contributed by atoms with E-state index in [1.807, 2.05) is 6.92 Å². The van der Waals surface area contributed by atoms with Crippen LogP contribution in [-0.4, -0.2) is 23.8 Å². The Balaban J connectivity index is 1.70. The maximum atomic E-state index is 9.21. The summed E-state index contributed by atoms with van der Waals surface area (Å²) in [6.07, 6.45) is 8.28. The molecule has 82 valence electrons. The molecule has 2 saturated carbocycles. The van der Waals surface area contributed by atoms with E-state index < -0.39 is 0 Å². The van der Waals surface area contributed by atoms with Crippen LogP contribution in [0.1, 0.15) is 45.4 Å². The quantitative estimate of drug-likeness (QED) is 0.721. The van der Waals surface area contributed by atoms with E-state index in [4.69, 9.17) is 0 Å². The fourth-order valence-corrected chi connectivity index (χ4v) is 2.75. The van der Waals surface area contributed by atoms with E-state index in [9.17, 15) is 5.11 Å². The molecule has 3 atom stereocenters. The molecule has 2 aliphatic rings. The molecule has 14 heavy (non-hydrogen) atoms. The van der Waals surface area contributed by atoms with E-state index in [1.54, 1.807) is 0 Å². The van der Waals surface area contributed by atoms with Gasteiger partial charge in [0.2, 0.25) is 0 Å². The zero-order chi connectivity index (χ0) is 9.97. The Morgan fingerprint density at radius 1 is 1.21 bits per heavy atom. The van der Waals surface area contributed by atoms with E-state index in [0.717, 1.165) is 18.4 Å². The lowest BCUT2D eigenvalue weighted by molar-refractivity contribution is 0.173. The van der Waals surface area contributed by atoms with E-state index in [0.29, 0.717) is 6.04 Å². The maximum absolute atomic E-state index is 9.21. The molecule has 0 aliphatic heterocycles. The first-order valence-electron chi connectivity index (χ1n) is 6.17. The predicted octanol–water partition coefficient (Wildman–Crippen LogP) is 1.93. The highest BCUT2D eigenvalue weighted by atomic mass is 16.3. The summed E-state index contributed by atoms with van der Waals surface area (Å²) in [5.41, 5.74) is 0. The van der Waals surface area contributed by atoms with Crippen LogP contribution < -0.4 is 5.32 Å². The van der Waals surface area contributed by atoms with Crippen molar-refractivity contribution in [1.29, 1.82) is 0 Å². The number of aliphatic hydroxyl groups is 1. The van der Waals surface area contributed by atoms with Gasteiger partial charge in [0, 0.05) is 12.6 Å². The van der Waals surface area contributed by atoms with Crippen LogP contribution in [0, 0.1) is 11.8 Å². The Bertz CT molecular complexity index is 177. The second-order valence-electron chi connectivity index (χ2n) is 5.22. The normalized spacial score (nSPS) is 35.6. The molecule has 2 heteroatoms. The average molecular weight is 197 g/mol. The zero-order valence-corrected chi connectivity index (χ0v) is 9.21. The van der Waals surface area contributed by atoms with Crippen LogP contribution in [0.25, 0.3) is 0 Å². The number of rotatable bonds is 4. The number of hydrogen-bond donors (Lipinski definition) is 2. The molecule has 2 N–H and O–H groups in total. The summed E-state index contributed by atoms with van der Waals surface area (Å²) >= 11 is 0. The summed E-state index contributed by atoms with van der Waals surface area (Å²) in [6, 6.07) is 0.684. The first-order valence-corrected chi connectivity index (χ1v) is 6.17. The van der Waals surface area contributed by atoms with E-state index in [2.05, 4.69) is 5.32 Å². The van der Waals surface area contributed by atoms with Crippen molar-refractivity contribution in [1.82, 2.24) is 5.32 Å². The zero-order valence-electron chi connectivity index (χ0n) is 9.21. The molecular formula is C12H23NO. The Kier molecular flexibility index (Phi) is 3.45. The van der Waals surface area contributed by atoms with Crippen molar-refractivity contribution >= 4 is 0 Å². The fraction of sp³-hybridized carbons (Fsp3) is 1.00. The average Bonchev–Trinajstić information content (AvgIpc) is 2.98. The molecule has 2 rings (SSSR count). The summed E-state index contributed by atoms with van der Waals surface area (Å²) in [5, 5.41) is 12.7. The van der Waals surface area contributed by atoms with Gasteiger partial charge in [0.15, 0.2) is 0 Å². The van der Waals surface area contributed by atoms with Gasteiger partial charge in [-0.05, 0) is 44.4 Å². The van der Waals surface area contributed by atoms with Gasteiger partial charge in [0.1, 0.15) is 0 Å². The molecule has 0 aromatic heterocycles. The highest BCUT2D eigenvalue weighted by molar-refractivity contribution is 4.87. The molecule has 0 bridgehead atoms. The highest BCUT2D eigenvalue weighted by Crippen LogP contribution is 2.43. The summed E-state index contributed by atoms with van der Waals surface area (Å²) in [6.45, 7) is 2.62. The number of hydrogen-bond acceptors (Lipinski definition) is 2. The van der Waals surface area contributed by atoms with Crippen molar-refractivity contribution < 1.29 is 5.11 Å². The van der Waals surface area contributed by atoms with Crippen molar-refractivity contribution in [2.24, 2.45) is 11.8 Å². The second kappa shape index (κ2) is 4.63. The minimum absolute atomic E-state index is 0.198. The third kappa shape index (κ3) is 2.96. The second-order valence-corrected chi connectivity index (χ2v) is 5.22. The van der Waals surface area contributed by atoms with Gasteiger partial charge >= 0.3 is 0 Å². The van der Waals surface area contributed by atoms with Gasteiger partial charge in [0.05, 0.1) is 6.10 Å². The van der Waals surface area contributed by atoms with Crippen LogP contribution in [0.2, 0.25) is 0 Å². The van der Waals surface area contributed by atoms with Gasteiger partial charge in [-0.25, -0.2) is 0 Å². The third-order valence-corrected chi connectivity index (χ3v) is 3.71. The van der Waals surface area contributed by atoms with Crippen molar-refractivity contribution in [3.05, 3.63) is 0 Å².